The second-order valence-electron chi connectivity index (χ2n) is 10.2. The highest BCUT2D eigenvalue weighted by molar-refractivity contribution is 6.34. The van der Waals surface area contributed by atoms with Gasteiger partial charge in [0.1, 0.15) is 11.5 Å². The topological polar surface area (TPSA) is 105 Å². The molecule has 8 heteroatoms. The van der Waals surface area contributed by atoms with Gasteiger partial charge in [0.15, 0.2) is 23.1 Å². The number of fused-ring (bicyclic) bond motifs is 3. The number of ether oxygens (including phenoxy) is 4. The minimum Gasteiger partial charge on any atom is -0.395 e. The van der Waals surface area contributed by atoms with E-state index in [1.807, 2.05) is 26.0 Å². The molecule has 0 amide bonds. The first-order valence-electron chi connectivity index (χ1n) is 13.4. The third-order valence-corrected chi connectivity index (χ3v) is 6.99. The van der Waals surface area contributed by atoms with Crippen LogP contribution in [0.25, 0.3) is 11.5 Å². The molecule has 0 saturated carbocycles. The van der Waals surface area contributed by atoms with Crippen molar-refractivity contribution in [3.63, 3.8) is 0 Å². The van der Waals surface area contributed by atoms with Crippen molar-refractivity contribution in [1.82, 2.24) is 0 Å². The number of ketones is 2. The van der Waals surface area contributed by atoms with Gasteiger partial charge in [-0.05, 0) is 62.2 Å². The van der Waals surface area contributed by atoms with Crippen LogP contribution in [0.15, 0.2) is 102 Å². The lowest BCUT2D eigenvalue weighted by Crippen LogP contribution is -2.29. The SMILES string of the molecule is Cc1cccc(OC(=O)OC2=C3C(=O)c4ccc(C)cc4C(OC(=O)Oc4cccc(C)c4)=C3C(=O)c3ccccc32)c1. The average molecular weight is 573 g/mol. The third kappa shape index (κ3) is 5.22. The van der Waals surface area contributed by atoms with E-state index in [0.29, 0.717) is 0 Å². The van der Waals surface area contributed by atoms with Crippen molar-refractivity contribution >= 4 is 35.4 Å². The quantitative estimate of drug-likeness (QED) is 0.182. The molecule has 4 aromatic rings. The van der Waals surface area contributed by atoms with E-state index in [2.05, 4.69) is 0 Å². The fourth-order valence-electron chi connectivity index (χ4n) is 5.09. The van der Waals surface area contributed by atoms with Gasteiger partial charge in [0, 0.05) is 22.3 Å². The summed E-state index contributed by atoms with van der Waals surface area (Å²) >= 11 is 0. The van der Waals surface area contributed by atoms with E-state index < -0.39 is 23.9 Å². The molecular formula is C35H24O8. The predicted octanol–water partition coefficient (Wildman–Crippen LogP) is 7.56. The molecule has 0 atom stereocenters. The Bertz CT molecular complexity index is 1930. The molecule has 0 bridgehead atoms. The van der Waals surface area contributed by atoms with Crippen LogP contribution in [0.5, 0.6) is 11.5 Å². The molecule has 0 saturated heterocycles. The van der Waals surface area contributed by atoms with Crippen molar-refractivity contribution in [2.45, 2.75) is 20.8 Å². The molecule has 0 fully saturated rings. The number of benzene rings is 4. The Morgan fingerprint density at radius 3 is 1.47 bits per heavy atom. The fourth-order valence-corrected chi connectivity index (χ4v) is 5.09. The molecule has 0 N–H and O–H groups in total. The smallest absolute Gasteiger partial charge is 0.395 e. The number of hydrogen-bond donors (Lipinski definition) is 0. The summed E-state index contributed by atoms with van der Waals surface area (Å²) < 4.78 is 22.2. The summed E-state index contributed by atoms with van der Waals surface area (Å²) in [6.07, 6.45) is -2.22. The second kappa shape index (κ2) is 10.9. The Morgan fingerprint density at radius 2 is 0.930 bits per heavy atom. The minimum atomic E-state index is -1.11. The van der Waals surface area contributed by atoms with Gasteiger partial charge in [0.2, 0.25) is 0 Å². The van der Waals surface area contributed by atoms with Crippen LogP contribution in [0.3, 0.4) is 0 Å². The summed E-state index contributed by atoms with van der Waals surface area (Å²) in [6.45, 7) is 5.49. The van der Waals surface area contributed by atoms with Crippen LogP contribution in [0.4, 0.5) is 9.59 Å². The van der Waals surface area contributed by atoms with E-state index in [-0.39, 0.29) is 56.4 Å². The molecule has 212 valence electrons. The van der Waals surface area contributed by atoms with E-state index in [1.165, 1.54) is 6.07 Å². The van der Waals surface area contributed by atoms with Crippen LogP contribution in [-0.4, -0.2) is 23.9 Å². The minimum absolute atomic E-state index is 0.150. The normalized spacial score (nSPS) is 13.6. The number of rotatable bonds is 4. The molecule has 2 aliphatic carbocycles. The van der Waals surface area contributed by atoms with Gasteiger partial charge in [-0.15, -0.1) is 0 Å². The summed E-state index contributed by atoms with van der Waals surface area (Å²) in [5.41, 5.74) is 2.80. The zero-order valence-corrected chi connectivity index (χ0v) is 23.4. The van der Waals surface area contributed by atoms with Crippen molar-refractivity contribution in [3.8, 4) is 11.5 Å². The summed E-state index contributed by atoms with van der Waals surface area (Å²) in [7, 11) is 0. The number of carbonyl (C=O) groups is 4. The van der Waals surface area contributed by atoms with Gasteiger partial charge < -0.3 is 18.9 Å². The lowest BCUT2D eigenvalue weighted by molar-refractivity contribution is 0.0979. The highest BCUT2D eigenvalue weighted by atomic mass is 16.7. The standard InChI is InChI=1S/C35H24O8/c1-19-8-6-10-22(16-19)40-34(38)42-32-26-13-5-4-12-24(26)30(36)29-28(32)31(37)25-15-14-21(3)18-27(25)33(29)43-35(39)41-23-11-7-9-20(2)17-23/h4-18H,1-3H3. The van der Waals surface area contributed by atoms with Crippen LogP contribution in [-0.2, 0) is 9.47 Å². The summed E-state index contributed by atoms with van der Waals surface area (Å²) in [5.74, 6) is -1.04. The van der Waals surface area contributed by atoms with E-state index in [4.69, 9.17) is 18.9 Å². The zero-order chi connectivity index (χ0) is 30.2. The van der Waals surface area contributed by atoms with Gasteiger partial charge in [-0.1, -0.05) is 66.2 Å². The maximum Gasteiger partial charge on any atom is 0.519 e. The Hall–Kier alpha value is -5.76. The molecule has 4 aromatic carbocycles. The van der Waals surface area contributed by atoms with Gasteiger partial charge in [0.25, 0.3) is 0 Å². The first kappa shape index (κ1) is 27.4. The Balaban J connectivity index is 1.50. The first-order valence-corrected chi connectivity index (χ1v) is 13.4. The van der Waals surface area contributed by atoms with Crippen molar-refractivity contribution in [2.75, 3.05) is 0 Å². The molecule has 0 heterocycles. The molecule has 0 radical (unpaired) electrons. The lowest BCUT2D eigenvalue weighted by Gasteiger charge is -2.29. The number of hydrogen-bond acceptors (Lipinski definition) is 8. The van der Waals surface area contributed by atoms with E-state index in [1.54, 1.807) is 79.7 Å². The average Bonchev–Trinajstić information content (AvgIpc) is 2.96. The van der Waals surface area contributed by atoms with Gasteiger partial charge in [-0.25, -0.2) is 9.59 Å². The van der Waals surface area contributed by atoms with E-state index in [9.17, 15) is 19.2 Å². The van der Waals surface area contributed by atoms with Crippen molar-refractivity contribution in [1.29, 1.82) is 0 Å². The molecule has 0 aromatic heterocycles. The van der Waals surface area contributed by atoms with Crippen molar-refractivity contribution in [2.24, 2.45) is 0 Å². The van der Waals surface area contributed by atoms with Gasteiger partial charge >= 0.3 is 12.3 Å². The van der Waals surface area contributed by atoms with E-state index in [0.717, 1.165) is 16.7 Å². The van der Waals surface area contributed by atoms with Crippen molar-refractivity contribution < 1.29 is 38.1 Å². The van der Waals surface area contributed by atoms with Gasteiger partial charge in [-0.2, -0.15) is 0 Å². The predicted molar refractivity (Wildman–Crippen MR) is 157 cm³/mol. The molecule has 6 rings (SSSR count). The molecule has 8 nitrogen and oxygen atoms in total. The number of carbonyl (C=O) groups excluding carboxylic acids is 4. The zero-order valence-electron chi connectivity index (χ0n) is 23.4. The lowest BCUT2D eigenvalue weighted by atomic mass is 9.76. The van der Waals surface area contributed by atoms with E-state index >= 15 is 0 Å². The number of Topliss-reactive ketones (excluding diaryl/α,β-unsaturated/α-hetero) is 2. The molecule has 2 aliphatic rings. The van der Waals surface area contributed by atoms with Crippen LogP contribution in [0.2, 0.25) is 0 Å². The Labute approximate surface area is 246 Å². The van der Waals surface area contributed by atoms with Crippen LogP contribution >= 0.6 is 0 Å². The monoisotopic (exact) mass is 572 g/mol. The largest absolute Gasteiger partial charge is 0.519 e. The van der Waals surface area contributed by atoms with Crippen LogP contribution < -0.4 is 9.47 Å². The number of aryl methyl sites for hydroxylation is 3. The van der Waals surface area contributed by atoms with Crippen molar-refractivity contribution in [3.05, 3.63) is 141 Å². The summed E-state index contributed by atoms with van der Waals surface area (Å²) in [4.78, 5) is 54.2. The molecule has 0 aliphatic heterocycles. The molecular weight excluding hydrogens is 548 g/mol. The first-order chi connectivity index (χ1) is 20.7. The van der Waals surface area contributed by atoms with Gasteiger partial charge in [-0.3, -0.25) is 9.59 Å². The Morgan fingerprint density at radius 1 is 0.465 bits per heavy atom. The highest BCUT2D eigenvalue weighted by Crippen LogP contribution is 2.45. The molecule has 43 heavy (non-hydrogen) atoms. The highest BCUT2D eigenvalue weighted by Gasteiger charge is 2.43. The maximum absolute atomic E-state index is 14.0. The second-order valence-corrected chi connectivity index (χ2v) is 10.2. The Kier molecular flexibility index (Phi) is 6.95. The third-order valence-electron chi connectivity index (χ3n) is 6.99. The number of allylic oxidation sites excluding steroid dienone is 2. The fraction of sp³-hybridized carbons (Fsp3) is 0.0857. The molecule has 0 unspecified atom stereocenters. The van der Waals surface area contributed by atoms with Crippen LogP contribution in [0, 0.1) is 20.8 Å². The van der Waals surface area contributed by atoms with Gasteiger partial charge in [0.05, 0.1) is 11.1 Å². The van der Waals surface area contributed by atoms with Crippen LogP contribution in [0.1, 0.15) is 48.5 Å². The maximum atomic E-state index is 14.0. The summed E-state index contributed by atoms with van der Waals surface area (Å²) in [6, 6.07) is 24.9. The summed E-state index contributed by atoms with van der Waals surface area (Å²) in [5, 5.41) is 0. The molecule has 0 spiro atoms.